The van der Waals surface area contributed by atoms with Crippen molar-refractivity contribution in [1.82, 2.24) is 9.21 Å². The highest BCUT2D eigenvalue weighted by Crippen LogP contribution is 2.34. The van der Waals surface area contributed by atoms with Gasteiger partial charge >= 0.3 is 0 Å². The van der Waals surface area contributed by atoms with Crippen LogP contribution >= 0.6 is 35.6 Å². The van der Waals surface area contributed by atoms with Crippen molar-refractivity contribution >= 4 is 51.5 Å². The zero-order chi connectivity index (χ0) is 16.8. The molecule has 1 heterocycles. The van der Waals surface area contributed by atoms with Gasteiger partial charge in [0.2, 0.25) is 15.9 Å². The fourth-order valence-corrected chi connectivity index (χ4v) is 4.39. The van der Waals surface area contributed by atoms with Crippen LogP contribution in [0.15, 0.2) is 23.1 Å². The van der Waals surface area contributed by atoms with E-state index in [1.807, 2.05) is 0 Å². The van der Waals surface area contributed by atoms with Crippen molar-refractivity contribution in [2.45, 2.75) is 23.3 Å². The van der Waals surface area contributed by atoms with E-state index in [4.69, 9.17) is 28.9 Å². The van der Waals surface area contributed by atoms with Gasteiger partial charge in [0.05, 0.1) is 20.5 Å². The molecule has 1 amide bonds. The van der Waals surface area contributed by atoms with Gasteiger partial charge in [-0.05, 0) is 31.0 Å². The van der Waals surface area contributed by atoms with Gasteiger partial charge in [0.15, 0.2) is 0 Å². The lowest BCUT2D eigenvalue weighted by atomic mass is 10.2. The Bertz CT molecular complexity index is 745. The molecule has 1 aromatic rings. The molecule has 24 heavy (non-hydrogen) atoms. The van der Waals surface area contributed by atoms with Crippen molar-refractivity contribution in [3.05, 3.63) is 28.2 Å². The molecular formula is C14H18Cl3N3O3S. The summed E-state index contributed by atoms with van der Waals surface area (Å²) in [5.41, 5.74) is 5.20. The third-order valence-electron chi connectivity index (χ3n) is 4.27. The number of halogens is 3. The zero-order valence-electron chi connectivity index (χ0n) is 12.7. The summed E-state index contributed by atoms with van der Waals surface area (Å²) in [6.07, 6.45) is 1.40. The fourth-order valence-electron chi connectivity index (χ4n) is 2.58. The van der Waals surface area contributed by atoms with E-state index < -0.39 is 15.6 Å². The smallest absolute Gasteiger partial charge is 0.243 e. The van der Waals surface area contributed by atoms with Crippen LogP contribution in [0.1, 0.15) is 12.8 Å². The number of benzene rings is 1. The molecule has 3 rings (SSSR count). The van der Waals surface area contributed by atoms with Gasteiger partial charge in [-0.3, -0.25) is 4.79 Å². The van der Waals surface area contributed by atoms with Gasteiger partial charge in [-0.15, -0.1) is 12.4 Å². The minimum absolute atomic E-state index is 0. The standard InChI is InChI=1S/C14H17Cl2N3O3S.ClH/c15-11-2-1-10(9-12(11)16)23(21,22)19-7-5-18(6-8-19)13(20)14(17)3-4-14;/h1-2,9H,3-8,17H2;1H. The van der Waals surface area contributed by atoms with E-state index in [0.717, 1.165) is 0 Å². The van der Waals surface area contributed by atoms with Gasteiger partial charge in [0.1, 0.15) is 0 Å². The molecule has 0 spiro atoms. The van der Waals surface area contributed by atoms with Crippen LogP contribution in [-0.2, 0) is 14.8 Å². The number of sulfonamides is 1. The normalized spacial score (nSPS) is 20.4. The molecule has 2 aliphatic rings. The number of amides is 1. The van der Waals surface area contributed by atoms with Gasteiger partial charge in [-0.2, -0.15) is 4.31 Å². The Balaban J connectivity index is 0.00000208. The van der Waals surface area contributed by atoms with Crippen molar-refractivity contribution in [3.63, 3.8) is 0 Å². The molecule has 1 saturated heterocycles. The van der Waals surface area contributed by atoms with Crippen molar-refractivity contribution in [2.24, 2.45) is 5.73 Å². The van der Waals surface area contributed by atoms with Gasteiger partial charge in [-0.25, -0.2) is 8.42 Å². The third kappa shape index (κ3) is 3.66. The number of carbonyl (C=O) groups excluding carboxylic acids is 1. The summed E-state index contributed by atoms with van der Waals surface area (Å²) in [5, 5.41) is 0.499. The Labute approximate surface area is 157 Å². The molecule has 0 atom stereocenters. The second-order valence-electron chi connectivity index (χ2n) is 5.93. The van der Waals surface area contributed by atoms with Crippen LogP contribution in [0.2, 0.25) is 10.0 Å². The molecule has 1 aromatic carbocycles. The average molecular weight is 415 g/mol. The minimum Gasteiger partial charge on any atom is -0.338 e. The number of nitrogens with zero attached hydrogens (tertiary/aromatic N) is 2. The first kappa shape index (κ1) is 19.8. The molecule has 6 nitrogen and oxygen atoms in total. The molecule has 0 unspecified atom stereocenters. The summed E-state index contributed by atoms with van der Waals surface area (Å²) in [6, 6.07) is 4.23. The highest BCUT2D eigenvalue weighted by Gasteiger charge is 2.48. The first-order valence-corrected chi connectivity index (χ1v) is 9.47. The molecule has 1 aliphatic heterocycles. The number of hydrogen-bond acceptors (Lipinski definition) is 4. The van der Waals surface area contributed by atoms with E-state index in [1.54, 1.807) is 4.90 Å². The Morgan fingerprint density at radius 1 is 1.08 bits per heavy atom. The van der Waals surface area contributed by atoms with Gasteiger partial charge in [0, 0.05) is 26.2 Å². The van der Waals surface area contributed by atoms with Crippen LogP contribution in [0, 0.1) is 0 Å². The van der Waals surface area contributed by atoms with Crippen LogP contribution in [-0.4, -0.2) is 55.2 Å². The number of piperazine rings is 1. The molecule has 0 radical (unpaired) electrons. The SMILES string of the molecule is Cl.NC1(C(=O)N2CCN(S(=O)(=O)c3ccc(Cl)c(Cl)c3)CC2)CC1. The number of carbonyl (C=O) groups is 1. The maximum atomic E-state index is 12.6. The zero-order valence-corrected chi connectivity index (χ0v) is 15.9. The first-order valence-electron chi connectivity index (χ1n) is 7.27. The Kier molecular flexibility index (Phi) is 5.74. The van der Waals surface area contributed by atoms with Crippen molar-refractivity contribution in [3.8, 4) is 0 Å². The molecule has 1 aliphatic carbocycles. The van der Waals surface area contributed by atoms with Gasteiger partial charge < -0.3 is 10.6 Å². The van der Waals surface area contributed by atoms with E-state index in [0.29, 0.717) is 31.0 Å². The molecule has 0 aromatic heterocycles. The summed E-state index contributed by atoms with van der Waals surface area (Å²) >= 11 is 11.7. The summed E-state index contributed by atoms with van der Waals surface area (Å²) in [5.74, 6) is -0.0796. The van der Waals surface area contributed by atoms with Crippen LogP contribution in [0.3, 0.4) is 0 Å². The van der Waals surface area contributed by atoms with E-state index in [-0.39, 0.29) is 41.3 Å². The molecule has 10 heteroatoms. The topological polar surface area (TPSA) is 83.7 Å². The lowest BCUT2D eigenvalue weighted by molar-refractivity contribution is -0.134. The number of rotatable bonds is 3. The summed E-state index contributed by atoms with van der Waals surface area (Å²) in [6.45, 7) is 1.17. The first-order chi connectivity index (χ1) is 10.7. The van der Waals surface area contributed by atoms with E-state index >= 15 is 0 Å². The average Bonchev–Trinajstić information content (AvgIpc) is 3.28. The van der Waals surface area contributed by atoms with Crippen LogP contribution in [0.4, 0.5) is 0 Å². The highest BCUT2D eigenvalue weighted by atomic mass is 35.5. The summed E-state index contributed by atoms with van der Waals surface area (Å²) in [4.78, 5) is 13.9. The van der Waals surface area contributed by atoms with E-state index in [1.165, 1.54) is 22.5 Å². The molecule has 1 saturated carbocycles. The predicted molar refractivity (Wildman–Crippen MR) is 95.2 cm³/mol. The van der Waals surface area contributed by atoms with Gasteiger partial charge in [0.25, 0.3) is 0 Å². The molecule has 134 valence electrons. The maximum absolute atomic E-state index is 12.6. The minimum atomic E-state index is -3.65. The second kappa shape index (κ2) is 6.97. The Hall–Kier alpha value is -0.570. The monoisotopic (exact) mass is 413 g/mol. The van der Waals surface area contributed by atoms with Gasteiger partial charge in [-0.1, -0.05) is 23.2 Å². The van der Waals surface area contributed by atoms with Crippen LogP contribution in [0.25, 0.3) is 0 Å². The van der Waals surface area contributed by atoms with Crippen LogP contribution in [0.5, 0.6) is 0 Å². The number of nitrogens with two attached hydrogens (primary N) is 1. The predicted octanol–water partition coefficient (Wildman–Crippen LogP) is 1.74. The van der Waals surface area contributed by atoms with Crippen molar-refractivity contribution < 1.29 is 13.2 Å². The van der Waals surface area contributed by atoms with Crippen molar-refractivity contribution in [2.75, 3.05) is 26.2 Å². The lowest BCUT2D eigenvalue weighted by Crippen LogP contribution is -2.55. The summed E-state index contributed by atoms with van der Waals surface area (Å²) < 4.78 is 26.6. The Morgan fingerprint density at radius 3 is 2.17 bits per heavy atom. The Morgan fingerprint density at radius 2 is 1.67 bits per heavy atom. The van der Waals surface area contributed by atoms with E-state index in [2.05, 4.69) is 0 Å². The lowest BCUT2D eigenvalue weighted by Gasteiger charge is -2.35. The fraction of sp³-hybridized carbons (Fsp3) is 0.500. The quantitative estimate of drug-likeness (QED) is 0.816. The third-order valence-corrected chi connectivity index (χ3v) is 6.90. The maximum Gasteiger partial charge on any atom is 0.243 e. The van der Waals surface area contributed by atoms with Crippen molar-refractivity contribution in [1.29, 1.82) is 0 Å². The van der Waals surface area contributed by atoms with E-state index in [9.17, 15) is 13.2 Å². The molecular weight excluding hydrogens is 397 g/mol. The largest absolute Gasteiger partial charge is 0.338 e. The molecule has 2 N–H and O–H groups in total. The number of hydrogen-bond donors (Lipinski definition) is 1. The van der Waals surface area contributed by atoms with Crippen LogP contribution < -0.4 is 5.73 Å². The highest BCUT2D eigenvalue weighted by molar-refractivity contribution is 7.89. The molecule has 0 bridgehead atoms. The second-order valence-corrected chi connectivity index (χ2v) is 8.68. The molecule has 2 fully saturated rings. The summed E-state index contributed by atoms with van der Waals surface area (Å²) in [7, 11) is -3.65.